The molecule has 7 nitrogen and oxygen atoms in total. The van der Waals surface area contributed by atoms with Gasteiger partial charge >= 0.3 is 0 Å². The molecule has 2 aromatic rings. The molecule has 0 aliphatic carbocycles. The molecular weight excluding hydrogens is 467 g/mol. The number of nitrogens with one attached hydrogen (secondary N) is 1. The van der Waals surface area contributed by atoms with Crippen LogP contribution in [0.1, 0.15) is 32.8 Å². The summed E-state index contributed by atoms with van der Waals surface area (Å²) in [6, 6.07) is 9.25. The second-order valence-corrected chi connectivity index (χ2v) is 8.43. The highest BCUT2D eigenvalue weighted by atomic mass is 35.5. The molecule has 2 atom stereocenters. The fraction of sp³-hybridized carbons (Fsp3) is 0.417. The van der Waals surface area contributed by atoms with Crippen molar-refractivity contribution in [1.82, 2.24) is 10.2 Å². The summed E-state index contributed by atoms with van der Waals surface area (Å²) in [5.41, 5.74) is 0.667. The molecule has 0 aliphatic rings. The van der Waals surface area contributed by atoms with Crippen molar-refractivity contribution < 1.29 is 23.8 Å². The highest BCUT2D eigenvalue weighted by molar-refractivity contribution is 6.35. The summed E-state index contributed by atoms with van der Waals surface area (Å²) in [7, 11) is 3.05. The van der Waals surface area contributed by atoms with Crippen LogP contribution in [-0.2, 0) is 16.1 Å². The Morgan fingerprint density at radius 1 is 1.00 bits per heavy atom. The quantitative estimate of drug-likeness (QED) is 0.486. The smallest absolute Gasteiger partial charge is 0.261 e. The van der Waals surface area contributed by atoms with E-state index < -0.39 is 6.04 Å². The molecule has 2 rings (SSSR count). The second-order valence-electron chi connectivity index (χ2n) is 7.59. The van der Waals surface area contributed by atoms with Gasteiger partial charge in [-0.1, -0.05) is 36.2 Å². The van der Waals surface area contributed by atoms with Crippen LogP contribution in [0, 0.1) is 0 Å². The Labute approximate surface area is 204 Å². The normalized spacial score (nSPS) is 12.5. The van der Waals surface area contributed by atoms with Crippen molar-refractivity contribution in [3.05, 3.63) is 52.0 Å². The van der Waals surface area contributed by atoms with Gasteiger partial charge in [0.05, 0.1) is 14.2 Å². The average molecular weight is 497 g/mol. The maximum absolute atomic E-state index is 13.2. The van der Waals surface area contributed by atoms with E-state index in [0.717, 1.165) is 6.42 Å². The maximum atomic E-state index is 13.2. The van der Waals surface area contributed by atoms with E-state index in [1.54, 1.807) is 43.3 Å². The number of halogens is 2. The van der Waals surface area contributed by atoms with Gasteiger partial charge in [-0.2, -0.15) is 0 Å². The molecule has 0 aromatic heterocycles. The molecule has 1 N–H and O–H groups in total. The van der Waals surface area contributed by atoms with Gasteiger partial charge in [0.25, 0.3) is 5.91 Å². The number of ether oxygens (including phenoxy) is 3. The third kappa shape index (κ3) is 7.72. The minimum Gasteiger partial charge on any atom is -0.496 e. The number of benzene rings is 2. The van der Waals surface area contributed by atoms with E-state index in [-0.39, 0.29) is 31.0 Å². The highest BCUT2D eigenvalue weighted by Crippen LogP contribution is 2.28. The fourth-order valence-electron chi connectivity index (χ4n) is 2.97. The summed E-state index contributed by atoms with van der Waals surface area (Å²) in [5, 5.41) is 3.81. The lowest BCUT2D eigenvalue weighted by Gasteiger charge is -2.30. The van der Waals surface area contributed by atoms with Crippen molar-refractivity contribution in [2.45, 2.75) is 45.8 Å². The fourth-order valence-corrected chi connectivity index (χ4v) is 3.44. The molecule has 2 aromatic carbocycles. The number of methoxy groups -OCH3 is 2. The molecule has 0 aliphatic heterocycles. The minimum atomic E-state index is -0.748. The molecule has 0 radical (unpaired) electrons. The molecule has 0 unspecified atom stereocenters. The third-order valence-corrected chi connectivity index (χ3v) is 5.80. The zero-order chi connectivity index (χ0) is 24.5. The van der Waals surface area contributed by atoms with Gasteiger partial charge in [0.2, 0.25) is 5.91 Å². The van der Waals surface area contributed by atoms with Crippen molar-refractivity contribution in [2.75, 3.05) is 20.8 Å². The number of hydrogen-bond acceptors (Lipinski definition) is 5. The summed E-state index contributed by atoms with van der Waals surface area (Å²) >= 11 is 12.3. The lowest BCUT2D eigenvalue weighted by Crippen LogP contribution is -2.50. The molecule has 0 heterocycles. The van der Waals surface area contributed by atoms with Crippen molar-refractivity contribution in [2.24, 2.45) is 0 Å². The molecule has 0 fully saturated rings. The van der Waals surface area contributed by atoms with Gasteiger partial charge in [0, 0.05) is 40.8 Å². The van der Waals surface area contributed by atoms with E-state index in [0.29, 0.717) is 32.9 Å². The first-order valence-corrected chi connectivity index (χ1v) is 11.3. The van der Waals surface area contributed by atoms with Crippen molar-refractivity contribution >= 4 is 35.0 Å². The third-order valence-electron chi connectivity index (χ3n) is 5.21. The molecule has 33 heavy (non-hydrogen) atoms. The SMILES string of the molecule is CC[C@H](C)NC(=O)[C@@H](C)N(Cc1ccc(Cl)cc1Cl)C(=O)COc1cc(OC)cc(OC)c1. The van der Waals surface area contributed by atoms with E-state index in [1.165, 1.54) is 19.1 Å². The highest BCUT2D eigenvalue weighted by Gasteiger charge is 2.28. The molecule has 2 amide bonds. The Morgan fingerprint density at radius 2 is 1.61 bits per heavy atom. The van der Waals surface area contributed by atoms with Crippen LogP contribution in [0.3, 0.4) is 0 Å². The van der Waals surface area contributed by atoms with Crippen LogP contribution in [0.2, 0.25) is 10.0 Å². The number of carbonyl (C=O) groups excluding carboxylic acids is 2. The zero-order valence-corrected chi connectivity index (χ0v) is 21.0. The Morgan fingerprint density at radius 3 is 2.15 bits per heavy atom. The van der Waals surface area contributed by atoms with Gasteiger partial charge in [0.1, 0.15) is 23.3 Å². The van der Waals surface area contributed by atoms with Gasteiger partial charge in [-0.15, -0.1) is 0 Å². The summed E-state index contributed by atoms with van der Waals surface area (Å²) in [4.78, 5) is 27.4. The molecule has 0 spiro atoms. The van der Waals surface area contributed by atoms with E-state index in [1.807, 2.05) is 13.8 Å². The standard InChI is InChI=1S/C24H30Cl2N2O5/c1-6-15(2)27-24(30)16(3)28(13-17-7-8-18(25)9-22(17)26)23(29)14-33-21-11-19(31-4)10-20(12-21)32-5/h7-12,15-16H,6,13-14H2,1-5H3,(H,27,30)/t15-,16+/m0/s1. The Bertz CT molecular complexity index is 948. The first kappa shape index (κ1) is 26.6. The van der Waals surface area contributed by atoms with Crippen LogP contribution < -0.4 is 19.5 Å². The zero-order valence-electron chi connectivity index (χ0n) is 19.5. The largest absolute Gasteiger partial charge is 0.496 e. The van der Waals surface area contributed by atoms with E-state index in [4.69, 9.17) is 37.4 Å². The molecular formula is C24H30Cl2N2O5. The van der Waals surface area contributed by atoms with Crippen LogP contribution in [0.4, 0.5) is 0 Å². The van der Waals surface area contributed by atoms with Crippen LogP contribution in [0.25, 0.3) is 0 Å². The van der Waals surface area contributed by atoms with Crippen LogP contribution in [-0.4, -0.2) is 49.6 Å². The van der Waals surface area contributed by atoms with Crippen molar-refractivity contribution in [3.63, 3.8) is 0 Å². The van der Waals surface area contributed by atoms with Gasteiger partial charge in [-0.05, 0) is 38.0 Å². The van der Waals surface area contributed by atoms with E-state index in [2.05, 4.69) is 5.32 Å². The predicted octanol–water partition coefficient (Wildman–Crippen LogP) is 4.72. The summed E-state index contributed by atoms with van der Waals surface area (Å²) < 4.78 is 16.2. The second kappa shape index (κ2) is 12.6. The summed E-state index contributed by atoms with van der Waals surface area (Å²) in [6.45, 7) is 5.39. The lowest BCUT2D eigenvalue weighted by atomic mass is 10.1. The van der Waals surface area contributed by atoms with Crippen molar-refractivity contribution in [3.8, 4) is 17.2 Å². The predicted molar refractivity (Wildman–Crippen MR) is 129 cm³/mol. The van der Waals surface area contributed by atoms with Crippen LogP contribution in [0.5, 0.6) is 17.2 Å². The Balaban J connectivity index is 2.24. The first-order chi connectivity index (χ1) is 15.7. The van der Waals surface area contributed by atoms with Gasteiger partial charge < -0.3 is 24.4 Å². The van der Waals surface area contributed by atoms with Gasteiger partial charge in [0.15, 0.2) is 6.61 Å². The molecule has 0 saturated carbocycles. The molecule has 9 heteroatoms. The maximum Gasteiger partial charge on any atom is 0.261 e. The summed E-state index contributed by atoms with van der Waals surface area (Å²) in [6.07, 6.45) is 0.774. The summed E-state index contributed by atoms with van der Waals surface area (Å²) in [5.74, 6) is 0.826. The van der Waals surface area contributed by atoms with E-state index >= 15 is 0 Å². The Kier molecular flexibility index (Phi) is 10.1. The van der Waals surface area contributed by atoms with Crippen LogP contribution in [0.15, 0.2) is 36.4 Å². The van der Waals surface area contributed by atoms with Gasteiger partial charge in [-0.25, -0.2) is 0 Å². The topological polar surface area (TPSA) is 77.1 Å². The number of hydrogen-bond donors (Lipinski definition) is 1. The van der Waals surface area contributed by atoms with Crippen LogP contribution >= 0.6 is 23.2 Å². The average Bonchev–Trinajstić information content (AvgIpc) is 2.81. The number of rotatable bonds is 11. The monoisotopic (exact) mass is 496 g/mol. The molecule has 180 valence electrons. The number of carbonyl (C=O) groups is 2. The number of nitrogens with zero attached hydrogens (tertiary/aromatic N) is 1. The van der Waals surface area contributed by atoms with E-state index in [9.17, 15) is 9.59 Å². The molecule has 0 bridgehead atoms. The first-order valence-electron chi connectivity index (χ1n) is 10.6. The molecule has 0 saturated heterocycles. The Hall–Kier alpha value is -2.64. The lowest BCUT2D eigenvalue weighted by molar-refractivity contribution is -0.142. The van der Waals surface area contributed by atoms with Gasteiger partial charge in [-0.3, -0.25) is 9.59 Å². The minimum absolute atomic E-state index is 0.0171. The van der Waals surface area contributed by atoms with Crippen molar-refractivity contribution in [1.29, 1.82) is 0 Å². The number of amides is 2.